The molecule has 3 rings (SSSR count). The van der Waals surface area contributed by atoms with E-state index in [-0.39, 0.29) is 18.1 Å². The van der Waals surface area contributed by atoms with E-state index in [0.717, 1.165) is 38.4 Å². The highest BCUT2D eigenvalue weighted by Gasteiger charge is 2.47. The summed E-state index contributed by atoms with van der Waals surface area (Å²) < 4.78 is 13.6. The summed E-state index contributed by atoms with van der Waals surface area (Å²) in [5.41, 5.74) is 0. The van der Waals surface area contributed by atoms with Crippen molar-refractivity contribution in [3.63, 3.8) is 0 Å². The Kier molecular flexibility index (Phi) is 7.89. The zero-order chi connectivity index (χ0) is 20.4. The van der Waals surface area contributed by atoms with Crippen molar-refractivity contribution in [2.24, 2.45) is 23.7 Å². The average molecular weight is 429 g/mol. The van der Waals surface area contributed by atoms with Crippen molar-refractivity contribution in [3.8, 4) is 0 Å². The number of carbonyl (C=O) groups excluding carboxylic acids is 1. The van der Waals surface area contributed by atoms with Gasteiger partial charge in [0, 0.05) is 18.8 Å². The Balaban J connectivity index is 1.60. The smallest absolute Gasteiger partial charge is 0.169 e. The number of hydrogen-bond donors (Lipinski definition) is 0. The van der Waals surface area contributed by atoms with Gasteiger partial charge in [-0.05, 0) is 68.3 Å². The molecule has 0 aromatic carbocycles. The molecule has 3 saturated heterocycles. The normalized spacial score (nSPS) is 40.8. The van der Waals surface area contributed by atoms with Gasteiger partial charge >= 0.3 is 0 Å². The van der Waals surface area contributed by atoms with Gasteiger partial charge in [-0.1, -0.05) is 27.7 Å². The summed E-state index contributed by atoms with van der Waals surface area (Å²) in [5.74, 6) is 3.79. The van der Waals surface area contributed by atoms with Crippen LogP contribution >= 0.6 is 23.5 Å². The summed E-state index contributed by atoms with van der Waals surface area (Å²) in [7, 11) is 0. The van der Waals surface area contributed by atoms with E-state index in [0.29, 0.717) is 21.8 Å². The first-order valence-electron chi connectivity index (χ1n) is 11.4. The lowest BCUT2D eigenvalue weighted by atomic mass is 9.81. The van der Waals surface area contributed by atoms with Crippen LogP contribution in [0.15, 0.2) is 0 Å². The molecule has 3 fully saturated rings. The molecule has 0 aromatic rings. The lowest BCUT2D eigenvalue weighted by molar-refractivity contribution is -0.335. The molecule has 0 radical (unpaired) electrons. The Hall–Kier alpha value is 0.290. The fourth-order valence-corrected chi connectivity index (χ4v) is 8.26. The molecule has 3 heterocycles. The molecule has 1 spiro atoms. The molecule has 0 aromatic heterocycles. The minimum absolute atomic E-state index is 0.00632. The first kappa shape index (κ1) is 23.0. The Labute approximate surface area is 180 Å². The van der Waals surface area contributed by atoms with E-state index >= 15 is 0 Å². The zero-order valence-corrected chi connectivity index (χ0v) is 20.1. The molecule has 3 nitrogen and oxygen atoms in total. The van der Waals surface area contributed by atoms with Gasteiger partial charge in [-0.2, -0.15) is 0 Å². The van der Waals surface area contributed by atoms with Crippen LogP contribution in [0.2, 0.25) is 0 Å². The zero-order valence-electron chi connectivity index (χ0n) is 18.4. The molecule has 3 aliphatic rings. The third-order valence-corrected chi connectivity index (χ3v) is 11.1. The molecule has 0 amide bonds. The van der Waals surface area contributed by atoms with Gasteiger partial charge in [0.15, 0.2) is 5.79 Å². The maximum atomic E-state index is 11.4. The minimum Gasteiger partial charge on any atom is -0.346 e. The second kappa shape index (κ2) is 9.62. The molecule has 5 heteroatoms. The predicted octanol–water partition coefficient (Wildman–Crippen LogP) is 6.15. The van der Waals surface area contributed by atoms with E-state index in [1.54, 1.807) is 0 Å². The minimum atomic E-state index is -0.451. The molecule has 28 heavy (non-hydrogen) atoms. The number of carbonyl (C=O) groups is 1. The highest BCUT2D eigenvalue weighted by molar-refractivity contribution is 8.18. The standard InChI is InChI=1S/C23H40O3S2/c1-16-9-11-23(12-10-17(2)21(26-23)18(3)15-24)25-20(16)8-7-19(4)22(5)27-13-6-14-28-22/h15-21H,6-14H2,1-5H3/t16-,17+,18-,19+,20+,21-,23-/m1/s1. The molecule has 0 bridgehead atoms. The predicted molar refractivity (Wildman–Crippen MR) is 121 cm³/mol. The Bertz CT molecular complexity index is 518. The van der Waals surface area contributed by atoms with Gasteiger partial charge in [0.1, 0.15) is 6.29 Å². The second-order valence-electron chi connectivity index (χ2n) is 9.72. The van der Waals surface area contributed by atoms with Crippen LogP contribution in [0.5, 0.6) is 0 Å². The van der Waals surface area contributed by atoms with Gasteiger partial charge in [-0.25, -0.2) is 0 Å². The summed E-state index contributed by atoms with van der Waals surface area (Å²) in [6.07, 6.45) is 9.19. The third-order valence-electron chi connectivity index (χ3n) is 7.45. The third kappa shape index (κ3) is 5.12. The Morgan fingerprint density at radius 2 is 1.71 bits per heavy atom. The molecule has 0 aliphatic carbocycles. The van der Waals surface area contributed by atoms with E-state index in [4.69, 9.17) is 9.47 Å². The van der Waals surface area contributed by atoms with Crippen LogP contribution < -0.4 is 0 Å². The monoisotopic (exact) mass is 428 g/mol. The van der Waals surface area contributed by atoms with Crippen LogP contribution in [0.1, 0.15) is 79.6 Å². The SMILES string of the molecule is C[C@H](C=O)[C@@H]1O[C@]2(CC[C@@H](C)[C@H](CC[C@H](C)C3(C)SCCCS3)O2)CC[C@@H]1C. The molecule has 0 unspecified atom stereocenters. The van der Waals surface area contributed by atoms with Crippen molar-refractivity contribution in [1.29, 1.82) is 0 Å². The maximum absolute atomic E-state index is 11.4. The van der Waals surface area contributed by atoms with E-state index in [1.165, 1.54) is 24.3 Å². The van der Waals surface area contributed by atoms with Crippen molar-refractivity contribution in [1.82, 2.24) is 0 Å². The molecule has 3 aliphatic heterocycles. The molecule has 162 valence electrons. The van der Waals surface area contributed by atoms with Gasteiger partial charge in [0.05, 0.1) is 16.3 Å². The van der Waals surface area contributed by atoms with Crippen LogP contribution in [0.3, 0.4) is 0 Å². The number of ether oxygens (including phenoxy) is 2. The van der Waals surface area contributed by atoms with Gasteiger partial charge in [0.25, 0.3) is 0 Å². The van der Waals surface area contributed by atoms with E-state index in [2.05, 4.69) is 51.2 Å². The molecule has 7 atom stereocenters. The number of hydrogen-bond acceptors (Lipinski definition) is 5. The van der Waals surface area contributed by atoms with Gasteiger partial charge < -0.3 is 14.3 Å². The Morgan fingerprint density at radius 3 is 2.36 bits per heavy atom. The van der Waals surface area contributed by atoms with Gasteiger partial charge in [-0.3, -0.25) is 0 Å². The molecule has 0 saturated carbocycles. The number of rotatable bonds is 6. The maximum Gasteiger partial charge on any atom is 0.169 e. The highest BCUT2D eigenvalue weighted by Crippen LogP contribution is 2.49. The number of aldehydes is 1. The average Bonchev–Trinajstić information content (AvgIpc) is 2.70. The van der Waals surface area contributed by atoms with E-state index in [9.17, 15) is 4.79 Å². The lowest BCUT2D eigenvalue weighted by Gasteiger charge is -2.50. The summed E-state index contributed by atoms with van der Waals surface area (Å²) in [6, 6.07) is 0. The largest absolute Gasteiger partial charge is 0.346 e. The van der Waals surface area contributed by atoms with Crippen LogP contribution in [-0.2, 0) is 14.3 Å². The topological polar surface area (TPSA) is 35.5 Å². The van der Waals surface area contributed by atoms with Crippen molar-refractivity contribution >= 4 is 29.8 Å². The summed E-state index contributed by atoms with van der Waals surface area (Å²) in [5, 5.41) is 0. The summed E-state index contributed by atoms with van der Waals surface area (Å²) in [4.78, 5) is 11.4. The first-order chi connectivity index (χ1) is 13.3. The fraction of sp³-hybridized carbons (Fsp3) is 0.957. The first-order valence-corrected chi connectivity index (χ1v) is 13.3. The van der Waals surface area contributed by atoms with Crippen molar-refractivity contribution in [3.05, 3.63) is 0 Å². The van der Waals surface area contributed by atoms with Gasteiger partial charge in [0.2, 0.25) is 0 Å². The second-order valence-corrected chi connectivity index (χ2v) is 13.1. The number of thioether (sulfide) groups is 2. The van der Waals surface area contributed by atoms with Crippen molar-refractivity contribution in [2.75, 3.05) is 11.5 Å². The molecular formula is C23H40O3S2. The van der Waals surface area contributed by atoms with Gasteiger partial charge in [-0.15, -0.1) is 23.5 Å². The molecule has 0 N–H and O–H groups in total. The quantitative estimate of drug-likeness (QED) is 0.474. The fourth-order valence-electron chi connectivity index (χ4n) is 5.05. The van der Waals surface area contributed by atoms with Crippen molar-refractivity contribution < 1.29 is 14.3 Å². The summed E-state index contributed by atoms with van der Waals surface area (Å²) in [6.45, 7) is 11.4. The lowest BCUT2D eigenvalue weighted by Crippen LogP contribution is -2.53. The Morgan fingerprint density at radius 1 is 1.07 bits per heavy atom. The van der Waals surface area contributed by atoms with Crippen molar-refractivity contribution in [2.45, 2.75) is 102 Å². The highest BCUT2D eigenvalue weighted by atomic mass is 32.2. The molecular weight excluding hydrogens is 388 g/mol. The van der Waals surface area contributed by atoms with E-state index < -0.39 is 5.79 Å². The summed E-state index contributed by atoms with van der Waals surface area (Å²) >= 11 is 4.31. The van der Waals surface area contributed by atoms with Crippen LogP contribution in [0, 0.1) is 23.7 Å². The van der Waals surface area contributed by atoms with Crippen LogP contribution in [0.4, 0.5) is 0 Å². The van der Waals surface area contributed by atoms with Crippen LogP contribution in [0.25, 0.3) is 0 Å². The van der Waals surface area contributed by atoms with Crippen LogP contribution in [-0.4, -0.2) is 39.9 Å². The van der Waals surface area contributed by atoms with E-state index in [1.807, 2.05) is 6.92 Å².